The van der Waals surface area contributed by atoms with Crippen LogP contribution in [0.3, 0.4) is 0 Å². The van der Waals surface area contributed by atoms with Gasteiger partial charge >= 0.3 is 5.97 Å². The zero-order valence-corrected chi connectivity index (χ0v) is 22.0. The lowest BCUT2D eigenvalue weighted by molar-refractivity contribution is -0.141. The van der Waals surface area contributed by atoms with E-state index in [1.165, 1.54) is 4.88 Å². The molecule has 1 aliphatic rings. The highest BCUT2D eigenvalue weighted by Crippen LogP contribution is 2.40. The molecule has 2 aromatic carbocycles. The molecule has 0 saturated carbocycles. The molecule has 2 aromatic heterocycles. The van der Waals surface area contributed by atoms with E-state index in [2.05, 4.69) is 24.0 Å². The normalized spacial score (nSPS) is 15.7. The van der Waals surface area contributed by atoms with Crippen molar-refractivity contribution in [3.05, 3.63) is 98.4 Å². The number of carbonyl (C=O) groups is 1. The van der Waals surface area contributed by atoms with Crippen molar-refractivity contribution in [1.29, 1.82) is 0 Å². The molecule has 0 amide bonds. The number of thiophene rings is 1. The lowest BCUT2D eigenvalue weighted by Gasteiger charge is -2.16. The molecule has 0 spiro atoms. The van der Waals surface area contributed by atoms with Crippen molar-refractivity contribution < 1.29 is 15.0 Å². The van der Waals surface area contributed by atoms with Crippen LogP contribution in [0.1, 0.15) is 62.9 Å². The van der Waals surface area contributed by atoms with Gasteiger partial charge in [-0.1, -0.05) is 54.6 Å². The molecular formula is C29H28N4O3S. The summed E-state index contributed by atoms with van der Waals surface area (Å²) in [7, 11) is 0. The van der Waals surface area contributed by atoms with Gasteiger partial charge in [0.2, 0.25) is 0 Å². The number of aromatic nitrogens is 3. The van der Waals surface area contributed by atoms with E-state index in [-0.39, 0.29) is 6.61 Å². The minimum Gasteiger partial charge on any atom is -0.481 e. The summed E-state index contributed by atoms with van der Waals surface area (Å²) >= 11 is 1.65. The molecule has 0 radical (unpaired) electrons. The maximum atomic E-state index is 12.0. The SMILES string of the molecule is Cc1sc2c(c1C)C(c1ccc(C=Cc3cccc(CO)c3)cc1)=NC([C@H](C)C(=O)O)c1nnc(C)n1-2. The summed E-state index contributed by atoms with van der Waals surface area (Å²) in [4.78, 5) is 18.3. The number of carboxylic acid groups (broad SMARTS) is 1. The fraction of sp³-hybridized carbons (Fsp3) is 0.241. The second kappa shape index (κ2) is 9.88. The third-order valence-corrected chi connectivity index (χ3v) is 8.03. The standard InChI is InChI=1S/C29H28N4O3S/c1-16-18(3)37-28-24(16)26(30-25(17(2)29(35)36)27-32-31-19(4)33(27)28)23-12-10-20(11-13-23)8-9-21-6-5-7-22(14-21)15-34/h5-14,17,25,34H,15H2,1-4H3,(H,35,36)/t17-,25?/m0/s1. The van der Waals surface area contributed by atoms with E-state index in [0.717, 1.165) is 44.1 Å². The third-order valence-electron chi connectivity index (χ3n) is 6.84. The number of aliphatic hydroxyl groups excluding tert-OH is 1. The Bertz CT molecular complexity index is 1550. The summed E-state index contributed by atoms with van der Waals surface area (Å²) < 4.78 is 1.97. The molecule has 5 rings (SSSR count). The number of aliphatic carboxylic acids is 1. The summed E-state index contributed by atoms with van der Waals surface area (Å²) in [6.07, 6.45) is 4.04. The van der Waals surface area contributed by atoms with Crippen LogP contribution in [0.15, 0.2) is 53.5 Å². The van der Waals surface area contributed by atoms with Crippen LogP contribution in [0.25, 0.3) is 17.2 Å². The van der Waals surface area contributed by atoms with Crippen molar-refractivity contribution in [3.63, 3.8) is 0 Å². The molecule has 0 saturated heterocycles. The number of hydrogen-bond donors (Lipinski definition) is 2. The molecule has 37 heavy (non-hydrogen) atoms. The van der Waals surface area contributed by atoms with Crippen LogP contribution in [-0.4, -0.2) is 36.7 Å². The van der Waals surface area contributed by atoms with E-state index in [0.29, 0.717) is 11.6 Å². The fourth-order valence-corrected chi connectivity index (χ4v) is 5.77. The smallest absolute Gasteiger partial charge is 0.308 e. The number of fused-ring (bicyclic) bond motifs is 3. The van der Waals surface area contributed by atoms with Crippen molar-refractivity contribution in [2.45, 2.75) is 40.3 Å². The van der Waals surface area contributed by atoms with Gasteiger partial charge in [-0.25, -0.2) is 0 Å². The van der Waals surface area contributed by atoms with Crippen molar-refractivity contribution >= 4 is 35.2 Å². The summed E-state index contributed by atoms with van der Waals surface area (Å²) in [5.74, 6) is -0.439. The highest BCUT2D eigenvalue weighted by molar-refractivity contribution is 7.15. The van der Waals surface area contributed by atoms with Gasteiger partial charge in [0.05, 0.1) is 18.2 Å². The quantitative estimate of drug-likeness (QED) is 0.331. The van der Waals surface area contributed by atoms with Gasteiger partial charge in [0, 0.05) is 16.0 Å². The van der Waals surface area contributed by atoms with Crippen molar-refractivity contribution in [2.75, 3.05) is 0 Å². The van der Waals surface area contributed by atoms with Crippen LogP contribution in [0.4, 0.5) is 0 Å². The number of carboxylic acids is 1. The minimum absolute atomic E-state index is 0.0126. The second-order valence-electron chi connectivity index (χ2n) is 9.31. The van der Waals surface area contributed by atoms with Gasteiger partial charge in [0.15, 0.2) is 5.82 Å². The zero-order chi connectivity index (χ0) is 26.3. The molecule has 8 heteroatoms. The number of rotatable bonds is 6. The first kappa shape index (κ1) is 24.8. The second-order valence-corrected chi connectivity index (χ2v) is 10.5. The number of aryl methyl sites for hydroxylation is 2. The molecular weight excluding hydrogens is 484 g/mol. The van der Waals surface area contributed by atoms with Crippen molar-refractivity contribution in [1.82, 2.24) is 14.8 Å². The van der Waals surface area contributed by atoms with Gasteiger partial charge in [-0.05, 0) is 56.0 Å². The Balaban J connectivity index is 1.59. The van der Waals surface area contributed by atoms with Crippen LogP contribution in [0, 0.1) is 26.7 Å². The molecule has 0 fully saturated rings. The Morgan fingerprint density at radius 3 is 2.51 bits per heavy atom. The Hall–Kier alpha value is -3.88. The maximum absolute atomic E-state index is 12.0. The molecule has 0 bridgehead atoms. The Kier molecular flexibility index (Phi) is 6.62. The third kappa shape index (κ3) is 4.54. The largest absolute Gasteiger partial charge is 0.481 e. The van der Waals surface area contributed by atoms with Crippen molar-refractivity contribution in [2.24, 2.45) is 10.9 Å². The average Bonchev–Trinajstić information content (AvgIpc) is 3.37. The predicted molar refractivity (Wildman–Crippen MR) is 146 cm³/mol. The molecule has 188 valence electrons. The lowest BCUT2D eigenvalue weighted by atomic mass is 9.97. The Morgan fingerprint density at radius 1 is 1.08 bits per heavy atom. The number of hydrogen-bond acceptors (Lipinski definition) is 6. The van der Waals surface area contributed by atoms with E-state index in [9.17, 15) is 15.0 Å². The van der Waals surface area contributed by atoms with Gasteiger partial charge in [-0.3, -0.25) is 14.4 Å². The highest BCUT2D eigenvalue weighted by Gasteiger charge is 2.36. The summed E-state index contributed by atoms with van der Waals surface area (Å²) in [5, 5.41) is 28.9. The first-order chi connectivity index (χ1) is 17.8. The highest BCUT2D eigenvalue weighted by atomic mass is 32.1. The first-order valence-electron chi connectivity index (χ1n) is 12.1. The van der Waals surface area contributed by atoms with Crippen LogP contribution >= 0.6 is 11.3 Å². The molecule has 1 aliphatic heterocycles. The number of aliphatic hydroxyl groups is 1. The number of nitrogens with zero attached hydrogens (tertiary/aromatic N) is 4. The average molecular weight is 513 g/mol. The molecule has 3 heterocycles. The van der Waals surface area contributed by atoms with E-state index in [1.54, 1.807) is 18.3 Å². The molecule has 7 nitrogen and oxygen atoms in total. The molecule has 0 aliphatic carbocycles. The Morgan fingerprint density at radius 2 is 1.81 bits per heavy atom. The molecule has 2 atom stereocenters. The maximum Gasteiger partial charge on any atom is 0.308 e. The minimum atomic E-state index is -0.927. The topological polar surface area (TPSA) is 101 Å². The van der Waals surface area contributed by atoms with Crippen LogP contribution in [0.2, 0.25) is 0 Å². The summed E-state index contributed by atoms with van der Waals surface area (Å²) in [6, 6.07) is 15.2. The first-order valence-corrected chi connectivity index (χ1v) is 12.9. The number of aliphatic imine (C=N–C) groups is 1. The lowest BCUT2D eigenvalue weighted by Crippen LogP contribution is -2.21. The van der Waals surface area contributed by atoms with Gasteiger partial charge in [-0.15, -0.1) is 21.5 Å². The van der Waals surface area contributed by atoms with E-state index in [4.69, 9.17) is 4.99 Å². The predicted octanol–water partition coefficient (Wildman–Crippen LogP) is 5.53. The van der Waals surface area contributed by atoms with Crippen LogP contribution < -0.4 is 0 Å². The van der Waals surface area contributed by atoms with Gasteiger partial charge in [0.1, 0.15) is 16.9 Å². The monoisotopic (exact) mass is 512 g/mol. The van der Waals surface area contributed by atoms with Crippen LogP contribution in [-0.2, 0) is 11.4 Å². The van der Waals surface area contributed by atoms with Crippen molar-refractivity contribution in [3.8, 4) is 5.00 Å². The van der Waals surface area contributed by atoms with E-state index < -0.39 is 17.9 Å². The number of benzene rings is 2. The fourth-order valence-electron chi connectivity index (χ4n) is 4.56. The molecule has 4 aromatic rings. The summed E-state index contributed by atoms with van der Waals surface area (Å²) in [6.45, 7) is 7.73. The van der Waals surface area contributed by atoms with E-state index >= 15 is 0 Å². The summed E-state index contributed by atoms with van der Waals surface area (Å²) in [5.41, 5.74) is 6.71. The van der Waals surface area contributed by atoms with Gasteiger partial charge in [0.25, 0.3) is 0 Å². The van der Waals surface area contributed by atoms with Gasteiger partial charge in [-0.2, -0.15) is 0 Å². The van der Waals surface area contributed by atoms with Crippen LogP contribution in [0.5, 0.6) is 0 Å². The van der Waals surface area contributed by atoms with E-state index in [1.807, 2.05) is 72.2 Å². The van der Waals surface area contributed by atoms with Gasteiger partial charge < -0.3 is 10.2 Å². The zero-order valence-electron chi connectivity index (χ0n) is 21.1. The molecule has 2 N–H and O–H groups in total. The molecule has 1 unspecified atom stereocenters. The Labute approximate surface area is 219 Å².